The second kappa shape index (κ2) is 4.39. The van der Waals surface area contributed by atoms with Gasteiger partial charge in [0.2, 0.25) is 0 Å². The van der Waals surface area contributed by atoms with Crippen LogP contribution in [0.25, 0.3) is 0 Å². The third kappa shape index (κ3) is 2.32. The summed E-state index contributed by atoms with van der Waals surface area (Å²) in [5.74, 6) is 0.673. The molecular weight excluding hydrogens is 210 g/mol. The number of anilines is 1. The average Bonchev–Trinajstić information content (AvgIpc) is 2.79. The van der Waals surface area contributed by atoms with Gasteiger partial charge < -0.3 is 5.32 Å². The van der Waals surface area contributed by atoms with E-state index < -0.39 is 4.92 Å². The lowest BCUT2D eigenvalue weighted by Crippen LogP contribution is -2.01. The van der Waals surface area contributed by atoms with E-state index in [0.717, 1.165) is 0 Å². The maximum Gasteiger partial charge on any atom is 0.271 e. The molecule has 0 unspecified atom stereocenters. The van der Waals surface area contributed by atoms with Gasteiger partial charge in [-0.15, -0.1) is 0 Å². The van der Waals surface area contributed by atoms with E-state index in [4.69, 9.17) is 0 Å². The molecule has 0 saturated carbocycles. The summed E-state index contributed by atoms with van der Waals surface area (Å²) in [4.78, 5) is 14.0. The fourth-order valence-corrected chi connectivity index (χ4v) is 1.23. The summed E-state index contributed by atoms with van der Waals surface area (Å²) in [7, 11) is 0. The molecular formula is C9H9N5O2. The number of rotatable bonds is 4. The van der Waals surface area contributed by atoms with Crippen molar-refractivity contribution in [2.45, 2.75) is 6.54 Å². The Kier molecular flexibility index (Phi) is 2.77. The van der Waals surface area contributed by atoms with Crippen LogP contribution in [-0.2, 0) is 6.54 Å². The Bertz CT molecular complexity index is 482. The Morgan fingerprint density at radius 1 is 1.50 bits per heavy atom. The summed E-state index contributed by atoms with van der Waals surface area (Å²) in [6.07, 6.45) is 1.41. The molecule has 0 aliphatic heterocycles. The third-order valence-corrected chi connectivity index (χ3v) is 1.98. The van der Waals surface area contributed by atoms with Crippen LogP contribution in [0.2, 0.25) is 0 Å². The topological polar surface area (TPSA) is 96.7 Å². The molecule has 0 atom stereocenters. The van der Waals surface area contributed by atoms with Crippen molar-refractivity contribution in [2.75, 3.05) is 5.32 Å². The quantitative estimate of drug-likeness (QED) is 0.597. The fraction of sp³-hybridized carbons (Fsp3) is 0.111. The Labute approximate surface area is 90.7 Å². The maximum atomic E-state index is 10.5. The molecule has 1 heterocycles. The van der Waals surface area contributed by atoms with Crippen molar-refractivity contribution in [3.63, 3.8) is 0 Å². The second-order valence-corrected chi connectivity index (χ2v) is 3.09. The molecule has 0 spiro atoms. The minimum absolute atomic E-state index is 0.0579. The molecule has 0 bridgehead atoms. The maximum absolute atomic E-state index is 10.5. The first-order valence-corrected chi connectivity index (χ1v) is 4.58. The van der Waals surface area contributed by atoms with Crippen molar-refractivity contribution in [3.8, 4) is 0 Å². The number of nitrogens with zero attached hydrogens (tertiary/aromatic N) is 3. The number of aromatic nitrogens is 3. The number of nitro benzene ring substituents is 1. The zero-order valence-electron chi connectivity index (χ0n) is 8.25. The van der Waals surface area contributed by atoms with Gasteiger partial charge in [-0.2, -0.15) is 5.10 Å². The summed E-state index contributed by atoms with van der Waals surface area (Å²) in [6, 6.07) is 6.29. The van der Waals surface area contributed by atoms with E-state index in [9.17, 15) is 10.1 Å². The summed E-state index contributed by atoms with van der Waals surface area (Å²) in [5.41, 5.74) is 0.730. The van der Waals surface area contributed by atoms with Crippen LogP contribution in [0, 0.1) is 10.1 Å². The minimum Gasteiger partial charge on any atom is -0.378 e. The number of aromatic amines is 1. The summed E-state index contributed by atoms with van der Waals surface area (Å²) >= 11 is 0. The number of benzene rings is 1. The van der Waals surface area contributed by atoms with Crippen LogP contribution in [0.15, 0.2) is 30.6 Å². The monoisotopic (exact) mass is 219 g/mol. The van der Waals surface area contributed by atoms with Crippen LogP contribution in [0.5, 0.6) is 0 Å². The molecule has 7 nitrogen and oxygen atoms in total. The van der Waals surface area contributed by atoms with Crippen LogP contribution in [0.3, 0.4) is 0 Å². The van der Waals surface area contributed by atoms with Crippen molar-refractivity contribution in [1.29, 1.82) is 0 Å². The average molecular weight is 219 g/mol. The molecule has 1 aromatic heterocycles. The van der Waals surface area contributed by atoms with Crippen LogP contribution in [0.1, 0.15) is 5.82 Å². The summed E-state index contributed by atoms with van der Waals surface area (Å²) in [6.45, 7) is 0.446. The van der Waals surface area contributed by atoms with E-state index in [1.54, 1.807) is 12.1 Å². The number of H-pyrrole nitrogens is 1. The van der Waals surface area contributed by atoms with E-state index in [-0.39, 0.29) is 5.69 Å². The molecule has 2 aromatic rings. The molecule has 2 rings (SSSR count). The van der Waals surface area contributed by atoms with E-state index in [1.807, 2.05) is 0 Å². The van der Waals surface area contributed by atoms with Gasteiger partial charge in [0, 0.05) is 17.8 Å². The number of hydrogen-bond donors (Lipinski definition) is 2. The van der Waals surface area contributed by atoms with Gasteiger partial charge in [0.15, 0.2) is 0 Å². The first kappa shape index (κ1) is 10.1. The van der Waals surface area contributed by atoms with Crippen molar-refractivity contribution >= 4 is 11.4 Å². The molecule has 2 N–H and O–H groups in total. The molecule has 0 aliphatic carbocycles. The van der Waals surface area contributed by atoms with Crippen LogP contribution in [0.4, 0.5) is 11.4 Å². The lowest BCUT2D eigenvalue weighted by atomic mass is 10.3. The van der Waals surface area contributed by atoms with Crippen LogP contribution >= 0.6 is 0 Å². The third-order valence-electron chi connectivity index (χ3n) is 1.98. The molecule has 16 heavy (non-hydrogen) atoms. The van der Waals surface area contributed by atoms with Crippen LogP contribution < -0.4 is 5.32 Å². The zero-order chi connectivity index (χ0) is 11.4. The van der Waals surface area contributed by atoms with E-state index >= 15 is 0 Å². The zero-order valence-corrected chi connectivity index (χ0v) is 8.25. The van der Waals surface area contributed by atoms with Gasteiger partial charge in [-0.3, -0.25) is 15.2 Å². The Morgan fingerprint density at radius 3 is 3.06 bits per heavy atom. The standard InChI is InChI=1S/C9H9N5O2/c15-14(16)8-3-1-2-7(4-8)10-5-9-11-6-12-13-9/h1-4,6,10H,5H2,(H,11,12,13). The van der Waals surface area contributed by atoms with Crippen LogP contribution in [-0.4, -0.2) is 20.1 Å². The number of nitrogens with one attached hydrogen (secondary N) is 2. The highest BCUT2D eigenvalue weighted by Gasteiger charge is 2.05. The van der Waals surface area contributed by atoms with E-state index in [0.29, 0.717) is 18.1 Å². The summed E-state index contributed by atoms with van der Waals surface area (Å²) in [5, 5.41) is 19.9. The van der Waals surface area contributed by atoms with Gasteiger partial charge in [0.05, 0.1) is 11.5 Å². The van der Waals surface area contributed by atoms with Gasteiger partial charge in [0.25, 0.3) is 5.69 Å². The van der Waals surface area contributed by atoms with Gasteiger partial charge in [-0.25, -0.2) is 4.98 Å². The van der Waals surface area contributed by atoms with Gasteiger partial charge in [0.1, 0.15) is 12.2 Å². The molecule has 0 aliphatic rings. The predicted molar refractivity (Wildman–Crippen MR) is 56.8 cm³/mol. The predicted octanol–water partition coefficient (Wildman–Crippen LogP) is 1.32. The first-order valence-electron chi connectivity index (χ1n) is 4.58. The SMILES string of the molecule is O=[N+]([O-])c1cccc(NCc2ncn[nH]2)c1. The van der Waals surface area contributed by atoms with Gasteiger partial charge in [-0.1, -0.05) is 6.07 Å². The smallest absolute Gasteiger partial charge is 0.271 e. The lowest BCUT2D eigenvalue weighted by molar-refractivity contribution is -0.384. The van der Waals surface area contributed by atoms with Crippen molar-refractivity contribution in [3.05, 3.63) is 46.5 Å². The van der Waals surface area contributed by atoms with Crippen molar-refractivity contribution in [2.24, 2.45) is 0 Å². The number of non-ortho nitro benzene ring substituents is 1. The number of nitro groups is 1. The Balaban J connectivity index is 2.04. The Hall–Kier alpha value is -2.44. The molecule has 1 aromatic carbocycles. The highest BCUT2D eigenvalue weighted by molar-refractivity contribution is 5.50. The highest BCUT2D eigenvalue weighted by Crippen LogP contribution is 2.17. The van der Waals surface area contributed by atoms with Gasteiger partial charge in [-0.05, 0) is 6.07 Å². The molecule has 82 valence electrons. The fourth-order valence-electron chi connectivity index (χ4n) is 1.23. The second-order valence-electron chi connectivity index (χ2n) is 3.09. The lowest BCUT2D eigenvalue weighted by Gasteiger charge is -2.03. The van der Waals surface area contributed by atoms with E-state index in [1.165, 1.54) is 18.5 Å². The van der Waals surface area contributed by atoms with E-state index in [2.05, 4.69) is 20.5 Å². The molecule has 0 amide bonds. The first-order chi connectivity index (χ1) is 7.75. The molecule has 0 saturated heterocycles. The summed E-state index contributed by atoms with van der Waals surface area (Å²) < 4.78 is 0. The molecule has 0 radical (unpaired) electrons. The highest BCUT2D eigenvalue weighted by atomic mass is 16.6. The minimum atomic E-state index is -0.431. The molecule has 7 heteroatoms. The van der Waals surface area contributed by atoms with Crippen molar-refractivity contribution < 1.29 is 4.92 Å². The number of hydrogen-bond acceptors (Lipinski definition) is 5. The normalized spacial score (nSPS) is 10.0. The molecule has 0 fully saturated rings. The largest absolute Gasteiger partial charge is 0.378 e. The van der Waals surface area contributed by atoms with Crippen molar-refractivity contribution in [1.82, 2.24) is 15.2 Å². The van der Waals surface area contributed by atoms with Gasteiger partial charge >= 0.3 is 0 Å². The Morgan fingerprint density at radius 2 is 2.38 bits per heavy atom.